The smallest absolute Gasteiger partial charge is 0.0655 e. The van der Waals surface area contributed by atoms with Crippen LogP contribution < -0.4 is 5.73 Å². The average molecular weight is 250 g/mol. The highest BCUT2D eigenvalue weighted by atomic mass is 35.5. The monoisotopic (exact) mass is 248 g/mol. The summed E-state index contributed by atoms with van der Waals surface area (Å²) < 4.78 is 0. The second-order valence-electron chi connectivity index (χ2n) is 2.73. The van der Waals surface area contributed by atoms with Gasteiger partial charge in [-0.25, -0.2) is 0 Å². The quantitative estimate of drug-likeness (QED) is 0.815. The van der Waals surface area contributed by atoms with Gasteiger partial charge in [-0.1, -0.05) is 34.8 Å². The summed E-state index contributed by atoms with van der Waals surface area (Å²) in [5.74, 6) is 0. The number of benzene rings is 1. The number of halogens is 3. The molecule has 2 nitrogen and oxygen atoms in total. The van der Waals surface area contributed by atoms with E-state index in [2.05, 4.69) is 0 Å². The summed E-state index contributed by atoms with van der Waals surface area (Å²) in [5, 5.41) is 9.64. The molecule has 0 amide bonds. The lowest BCUT2D eigenvalue weighted by Crippen LogP contribution is -2.10. The molecule has 0 spiro atoms. The highest BCUT2D eigenvalue weighted by Gasteiger charge is 2.16. The van der Waals surface area contributed by atoms with Crippen molar-refractivity contribution >= 4 is 34.8 Å². The van der Waals surface area contributed by atoms with Crippen molar-refractivity contribution in [3.8, 4) is 6.07 Å². The number of hydrogen-bond donors (Lipinski definition) is 1. The molecule has 0 unspecified atom stereocenters. The minimum absolute atomic E-state index is 0.153. The number of rotatable bonds is 2. The molecule has 5 heteroatoms. The normalized spacial score (nSPS) is 12.2. The lowest BCUT2D eigenvalue weighted by molar-refractivity contribution is 0.749. The molecule has 0 aromatic heterocycles. The summed E-state index contributed by atoms with van der Waals surface area (Å²) in [4.78, 5) is 0. The van der Waals surface area contributed by atoms with E-state index in [1.54, 1.807) is 12.1 Å². The molecule has 0 aliphatic carbocycles. The maximum atomic E-state index is 8.50. The average Bonchev–Trinajstić information content (AvgIpc) is 2.13. The highest BCUT2D eigenvalue weighted by Crippen LogP contribution is 2.35. The maximum Gasteiger partial charge on any atom is 0.0655 e. The van der Waals surface area contributed by atoms with Crippen molar-refractivity contribution in [2.75, 3.05) is 0 Å². The molecular weight excluding hydrogens is 242 g/mol. The summed E-state index contributed by atoms with van der Waals surface area (Å²) in [6.45, 7) is 0. The molecule has 0 aliphatic heterocycles. The van der Waals surface area contributed by atoms with Crippen molar-refractivity contribution in [2.24, 2.45) is 5.73 Å². The SMILES string of the molecule is N#CC[C@@H](N)c1c(Cl)ccc(Cl)c1Cl. The van der Waals surface area contributed by atoms with E-state index in [1.165, 1.54) is 0 Å². The summed E-state index contributed by atoms with van der Waals surface area (Å²) in [5.41, 5.74) is 6.26. The third-order valence-corrected chi connectivity index (χ3v) is 2.91. The fourth-order valence-electron chi connectivity index (χ4n) is 1.08. The zero-order chi connectivity index (χ0) is 10.7. The molecule has 0 saturated carbocycles. The van der Waals surface area contributed by atoms with Crippen LogP contribution in [0.5, 0.6) is 0 Å². The third kappa shape index (κ3) is 2.31. The van der Waals surface area contributed by atoms with Crippen LogP contribution in [0, 0.1) is 11.3 Å². The van der Waals surface area contributed by atoms with E-state index in [4.69, 9.17) is 45.8 Å². The Kier molecular flexibility index (Phi) is 4.03. The minimum atomic E-state index is -0.501. The van der Waals surface area contributed by atoms with Crippen molar-refractivity contribution in [2.45, 2.75) is 12.5 Å². The number of nitrogens with zero attached hydrogens (tertiary/aromatic N) is 1. The molecule has 0 aliphatic rings. The van der Waals surface area contributed by atoms with Crippen LogP contribution in [0.4, 0.5) is 0 Å². The largest absolute Gasteiger partial charge is 0.323 e. The van der Waals surface area contributed by atoms with Gasteiger partial charge in [-0.3, -0.25) is 0 Å². The van der Waals surface area contributed by atoms with Gasteiger partial charge in [0.1, 0.15) is 0 Å². The number of nitriles is 1. The Morgan fingerprint density at radius 2 is 1.86 bits per heavy atom. The van der Waals surface area contributed by atoms with E-state index in [1.807, 2.05) is 6.07 Å². The fourth-order valence-corrected chi connectivity index (χ4v) is 1.90. The minimum Gasteiger partial charge on any atom is -0.323 e. The van der Waals surface area contributed by atoms with Crippen LogP contribution >= 0.6 is 34.8 Å². The topological polar surface area (TPSA) is 49.8 Å². The molecule has 0 saturated heterocycles. The Morgan fingerprint density at radius 3 is 2.43 bits per heavy atom. The summed E-state index contributed by atoms with van der Waals surface area (Å²) in [7, 11) is 0. The Hall–Kier alpha value is -0.460. The summed E-state index contributed by atoms with van der Waals surface area (Å²) in [6, 6.07) is 4.66. The van der Waals surface area contributed by atoms with E-state index in [0.29, 0.717) is 20.6 Å². The number of nitrogens with two attached hydrogens (primary N) is 1. The Labute approximate surface area is 97.2 Å². The lowest BCUT2D eigenvalue weighted by Gasteiger charge is -2.13. The first-order valence-corrected chi connectivity index (χ1v) is 4.97. The number of hydrogen-bond acceptors (Lipinski definition) is 2. The van der Waals surface area contributed by atoms with Gasteiger partial charge in [0.2, 0.25) is 0 Å². The molecule has 1 aromatic carbocycles. The second-order valence-corrected chi connectivity index (χ2v) is 3.92. The summed E-state index contributed by atoms with van der Waals surface area (Å²) >= 11 is 17.6. The predicted molar refractivity (Wildman–Crippen MR) is 58.6 cm³/mol. The maximum absolute atomic E-state index is 8.50. The van der Waals surface area contributed by atoms with E-state index in [0.717, 1.165) is 0 Å². The molecule has 0 radical (unpaired) electrons. The molecule has 14 heavy (non-hydrogen) atoms. The Bertz CT molecular complexity index is 384. The van der Waals surface area contributed by atoms with Gasteiger partial charge in [0.15, 0.2) is 0 Å². The van der Waals surface area contributed by atoms with Crippen molar-refractivity contribution in [1.82, 2.24) is 0 Å². The van der Waals surface area contributed by atoms with Crippen molar-refractivity contribution in [3.05, 3.63) is 32.8 Å². The molecular formula is C9H7Cl3N2. The Morgan fingerprint density at radius 1 is 1.29 bits per heavy atom. The van der Waals surface area contributed by atoms with Crippen LogP contribution in [-0.2, 0) is 0 Å². The van der Waals surface area contributed by atoms with Gasteiger partial charge >= 0.3 is 0 Å². The standard InChI is InChI=1S/C9H7Cl3N2/c10-5-1-2-6(11)9(12)8(5)7(14)3-4-13/h1-2,7H,3,14H2/t7-/m1/s1. The first-order valence-electron chi connectivity index (χ1n) is 3.84. The zero-order valence-electron chi connectivity index (χ0n) is 7.10. The molecule has 1 rings (SSSR count). The van der Waals surface area contributed by atoms with Crippen molar-refractivity contribution in [1.29, 1.82) is 5.26 Å². The van der Waals surface area contributed by atoms with E-state index in [9.17, 15) is 0 Å². The van der Waals surface area contributed by atoms with Crippen LogP contribution in [0.3, 0.4) is 0 Å². The second kappa shape index (κ2) is 4.86. The first-order chi connectivity index (χ1) is 6.57. The molecule has 1 atom stereocenters. The predicted octanol–water partition coefficient (Wildman–Crippen LogP) is 3.56. The molecule has 0 heterocycles. The van der Waals surface area contributed by atoms with Gasteiger partial charge in [0.25, 0.3) is 0 Å². The van der Waals surface area contributed by atoms with Gasteiger partial charge in [-0.05, 0) is 12.1 Å². The van der Waals surface area contributed by atoms with Crippen LogP contribution in [0.15, 0.2) is 12.1 Å². The highest BCUT2D eigenvalue weighted by molar-refractivity contribution is 6.44. The van der Waals surface area contributed by atoms with Gasteiger partial charge in [0.05, 0.1) is 22.5 Å². The van der Waals surface area contributed by atoms with Crippen LogP contribution in [0.25, 0.3) is 0 Å². The zero-order valence-corrected chi connectivity index (χ0v) is 9.37. The van der Waals surface area contributed by atoms with Gasteiger partial charge in [-0.15, -0.1) is 0 Å². The van der Waals surface area contributed by atoms with E-state index < -0.39 is 6.04 Å². The van der Waals surface area contributed by atoms with E-state index in [-0.39, 0.29) is 6.42 Å². The van der Waals surface area contributed by atoms with Crippen LogP contribution in [0.2, 0.25) is 15.1 Å². The molecule has 74 valence electrons. The molecule has 2 N–H and O–H groups in total. The fraction of sp³-hybridized carbons (Fsp3) is 0.222. The third-order valence-electron chi connectivity index (χ3n) is 1.76. The van der Waals surface area contributed by atoms with Gasteiger partial charge < -0.3 is 5.73 Å². The van der Waals surface area contributed by atoms with Gasteiger partial charge in [-0.2, -0.15) is 5.26 Å². The van der Waals surface area contributed by atoms with Crippen molar-refractivity contribution in [3.63, 3.8) is 0 Å². The molecule has 0 bridgehead atoms. The molecule has 0 fully saturated rings. The Balaban J connectivity index is 3.19. The van der Waals surface area contributed by atoms with Crippen LogP contribution in [0.1, 0.15) is 18.0 Å². The molecule has 1 aromatic rings. The first kappa shape index (κ1) is 11.6. The van der Waals surface area contributed by atoms with Crippen LogP contribution in [-0.4, -0.2) is 0 Å². The lowest BCUT2D eigenvalue weighted by atomic mass is 10.1. The van der Waals surface area contributed by atoms with E-state index >= 15 is 0 Å². The van der Waals surface area contributed by atoms with Gasteiger partial charge in [0, 0.05) is 16.6 Å². The summed E-state index contributed by atoms with van der Waals surface area (Å²) in [6.07, 6.45) is 0.153. The van der Waals surface area contributed by atoms with Crippen molar-refractivity contribution < 1.29 is 0 Å².